The Morgan fingerprint density at radius 2 is 1.61 bits per heavy atom. The molecule has 172 valence electrons. The molecule has 8 heteroatoms. The molecule has 0 saturated carbocycles. The number of hydrogen-bond donors (Lipinski definition) is 1. The van der Waals surface area contributed by atoms with Crippen molar-refractivity contribution in [1.29, 1.82) is 0 Å². The largest absolute Gasteiger partial charge is 0.488 e. The Balaban J connectivity index is 1.43. The fourth-order valence-corrected chi connectivity index (χ4v) is 5.03. The van der Waals surface area contributed by atoms with Gasteiger partial charge in [-0.15, -0.1) is 0 Å². The molecular formula is C25H26N2O5S. The van der Waals surface area contributed by atoms with Crippen molar-refractivity contribution in [3.63, 3.8) is 0 Å². The summed E-state index contributed by atoms with van der Waals surface area (Å²) < 4.78 is 38.5. The summed E-state index contributed by atoms with van der Waals surface area (Å²) >= 11 is 0. The average molecular weight is 467 g/mol. The quantitative estimate of drug-likeness (QED) is 0.551. The molecule has 1 amide bonds. The van der Waals surface area contributed by atoms with Crippen LogP contribution in [0.15, 0.2) is 83.8 Å². The van der Waals surface area contributed by atoms with Crippen LogP contribution < -0.4 is 10.1 Å². The van der Waals surface area contributed by atoms with E-state index in [1.807, 2.05) is 30.3 Å². The van der Waals surface area contributed by atoms with E-state index in [9.17, 15) is 13.2 Å². The minimum Gasteiger partial charge on any atom is -0.488 e. The Bertz CT molecular complexity index is 1190. The Kier molecular flexibility index (Phi) is 7.39. The van der Waals surface area contributed by atoms with Crippen LogP contribution in [-0.2, 0) is 27.9 Å². The maximum atomic E-state index is 12.9. The van der Waals surface area contributed by atoms with E-state index in [0.717, 1.165) is 5.56 Å². The van der Waals surface area contributed by atoms with Gasteiger partial charge in [0.15, 0.2) is 0 Å². The molecule has 1 aliphatic rings. The minimum atomic E-state index is -3.59. The number of rotatable bonds is 8. The second kappa shape index (κ2) is 10.6. The Labute approximate surface area is 194 Å². The molecule has 33 heavy (non-hydrogen) atoms. The highest BCUT2D eigenvalue weighted by Crippen LogP contribution is 2.22. The topological polar surface area (TPSA) is 84.9 Å². The fourth-order valence-electron chi connectivity index (χ4n) is 3.55. The van der Waals surface area contributed by atoms with Crippen molar-refractivity contribution < 1.29 is 22.7 Å². The number of ether oxygens (including phenoxy) is 2. The third-order valence-corrected chi connectivity index (χ3v) is 7.22. The SMILES string of the molecule is O=C(NCc1ccccc1)c1ccccc1OCc1cccc(S(=O)(=O)N2CCOCC2)c1. The van der Waals surface area contributed by atoms with E-state index in [-0.39, 0.29) is 17.4 Å². The van der Waals surface area contributed by atoms with Gasteiger partial charge in [-0.2, -0.15) is 4.31 Å². The zero-order valence-electron chi connectivity index (χ0n) is 18.1. The van der Waals surface area contributed by atoms with E-state index in [0.29, 0.717) is 49.7 Å². The summed E-state index contributed by atoms with van der Waals surface area (Å²) in [6, 6.07) is 23.4. The predicted octanol–water partition coefficient (Wildman–Crippen LogP) is 3.22. The van der Waals surface area contributed by atoms with Gasteiger partial charge in [0.2, 0.25) is 10.0 Å². The molecule has 0 aromatic heterocycles. The first kappa shape index (κ1) is 23.0. The van der Waals surface area contributed by atoms with E-state index in [1.54, 1.807) is 48.5 Å². The van der Waals surface area contributed by atoms with Gasteiger partial charge in [0, 0.05) is 19.6 Å². The molecule has 1 N–H and O–H groups in total. The van der Waals surface area contributed by atoms with Crippen LogP contribution in [0.25, 0.3) is 0 Å². The molecule has 3 aromatic carbocycles. The number of carbonyl (C=O) groups excluding carboxylic acids is 1. The Morgan fingerprint density at radius 1 is 0.909 bits per heavy atom. The third-order valence-electron chi connectivity index (χ3n) is 5.33. The van der Waals surface area contributed by atoms with Crippen LogP contribution in [0, 0.1) is 0 Å². The van der Waals surface area contributed by atoms with Gasteiger partial charge in [0.25, 0.3) is 5.91 Å². The van der Waals surface area contributed by atoms with Gasteiger partial charge >= 0.3 is 0 Å². The summed E-state index contributed by atoms with van der Waals surface area (Å²) in [5.74, 6) is 0.197. The van der Waals surface area contributed by atoms with Gasteiger partial charge in [-0.1, -0.05) is 54.6 Å². The molecule has 0 atom stereocenters. The van der Waals surface area contributed by atoms with Crippen molar-refractivity contribution in [3.05, 3.63) is 95.6 Å². The summed E-state index contributed by atoms with van der Waals surface area (Å²) in [6.07, 6.45) is 0. The summed E-state index contributed by atoms with van der Waals surface area (Å²) in [5.41, 5.74) is 2.12. The van der Waals surface area contributed by atoms with E-state index in [2.05, 4.69) is 5.32 Å². The zero-order valence-corrected chi connectivity index (χ0v) is 19.0. The number of para-hydroxylation sites is 1. The molecule has 0 aliphatic carbocycles. The van der Waals surface area contributed by atoms with Gasteiger partial charge < -0.3 is 14.8 Å². The number of benzene rings is 3. The number of hydrogen-bond acceptors (Lipinski definition) is 5. The first-order chi connectivity index (χ1) is 16.0. The smallest absolute Gasteiger partial charge is 0.255 e. The number of sulfonamides is 1. The molecule has 4 rings (SSSR count). The van der Waals surface area contributed by atoms with Gasteiger partial charge in [-0.3, -0.25) is 4.79 Å². The number of morpholine rings is 1. The molecule has 0 bridgehead atoms. The number of carbonyl (C=O) groups is 1. The van der Waals surface area contributed by atoms with E-state index >= 15 is 0 Å². The van der Waals surface area contributed by atoms with E-state index in [1.165, 1.54) is 4.31 Å². The van der Waals surface area contributed by atoms with Gasteiger partial charge in [-0.05, 0) is 35.4 Å². The van der Waals surface area contributed by atoms with Gasteiger partial charge in [0.1, 0.15) is 12.4 Å². The van der Waals surface area contributed by atoms with Crippen LogP contribution in [0.3, 0.4) is 0 Å². The van der Waals surface area contributed by atoms with Crippen molar-refractivity contribution in [2.24, 2.45) is 0 Å². The molecule has 0 radical (unpaired) electrons. The van der Waals surface area contributed by atoms with Gasteiger partial charge in [0.05, 0.1) is 23.7 Å². The van der Waals surface area contributed by atoms with Crippen molar-refractivity contribution in [1.82, 2.24) is 9.62 Å². The van der Waals surface area contributed by atoms with Crippen molar-refractivity contribution in [2.45, 2.75) is 18.0 Å². The monoisotopic (exact) mass is 466 g/mol. The lowest BCUT2D eigenvalue weighted by Gasteiger charge is -2.26. The molecule has 0 spiro atoms. The van der Waals surface area contributed by atoms with Crippen molar-refractivity contribution in [2.75, 3.05) is 26.3 Å². The highest BCUT2D eigenvalue weighted by Gasteiger charge is 2.26. The van der Waals surface area contributed by atoms with E-state index in [4.69, 9.17) is 9.47 Å². The number of nitrogens with zero attached hydrogens (tertiary/aromatic N) is 1. The van der Waals surface area contributed by atoms with Crippen LogP contribution in [0.5, 0.6) is 5.75 Å². The van der Waals surface area contributed by atoms with Crippen LogP contribution in [0.1, 0.15) is 21.5 Å². The predicted molar refractivity (Wildman–Crippen MR) is 124 cm³/mol. The summed E-state index contributed by atoms with van der Waals surface area (Å²) in [4.78, 5) is 12.9. The van der Waals surface area contributed by atoms with Gasteiger partial charge in [-0.25, -0.2) is 8.42 Å². The molecule has 7 nitrogen and oxygen atoms in total. The highest BCUT2D eigenvalue weighted by molar-refractivity contribution is 7.89. The Morgan fingerprint density at radius 3 is 2.39 bits per heavy atom. The molecule has 1 saturated heterocycles. The van der Waals surface area contributed by atoms with Crippen LogP contribution >= 0.6 is 0 Å². The normalized spacial score (nSPS) is 14.5. The highest BCUT2D eigenvalue weighted by atomic mass is 32.2. The van der Waals surface area contributed by atoms with Crippen LogP contribution in [0.4, 0.5) is 0 Å². The lowest BCUT2D eigenvalue weighted by molar-refractivity contribution is 0.0730. The number of amides is 1. The fraction of sp³-hybridized carbons (Fsp3) is 0.240. The maximum Gasteiger partial charge on any atom is 0.255 e. The Hall–Kier alpha value is -3.20. The standard InChI is InChI=1S/C25H26N2O5S/c28-25(26-18-20-7-2-1-3-8-20)23-11-4-5-12-24(23)32-19-21-9-6-10-22(17-21)33(29,30)27-13-15-31-16-14-27/h1-12,17H,13-16,18-19H2,(H,26,28). The zero-order chi connectivity index (χ0) is 23.1. The lowest BCUT2D eigenvalue weighted by atomic mass is 10.1. The third kappa shape index (κ3) is 5.78. The van der Waals surface area contributed by atoms with Crippen molar-refractivity contribution >= 4 is 15.9 Å². The first-order valence-corrected chi connectivity index (χ1v) is 12.2. The van der Waals surface area contributed by atoms with Crippen LogP contribution in [-0.4, -0.2) is 44.9 Å². The van der Waals surface area contributed by atoms with Crippen molar-refractivity contribution in [3.8, 4) is 5.75 Å². The molecule has 3 aromatic rings. The second-order valence-corrected chi connectivity index (χ2v) is 9.55. The maximum absolute atomic E-state index is 12.9. The molecule has 1 fully saturated rings. The minimum absolute atomic E-state index is 0.134. The molecule has 1 aliphatic heterocycles. The second-order valence-electron chi connectivity index (χ2n) is 7.62. The molecule has 1 heterocycles. The average Bonchev–Trinajstić information content (AvgIpc) is 2.87. The van der Waals surface area contributed by atoms with Crippen LogP contribution in [0.2, 0.25) is 0 Å². The molecule has 0 unspecified atom stereocenters. The summed E-state index contributed by atoms with van der Waals surface area (Å²) in [5, 5.41) is 2.91. The summed E-state index contributed by atoms with van der Waals surface area (Å²) in [7, 11) is -3.59. The first-order valence-electron chi connectivity index (χ1n) is 10.7. The summed E-state index contributed by atoms with van der Waals surface area (Å²) in [6.45, 7) is 2.02. The number of nitrogens with one attached hydrogen (secondary N) is 1. The molecular weight excluding hydrogens is 440 g/mol. The lowest BCUT2D eigenvalue weighted by Crippen LogP contribution is -2.40. The van der Waals surface area contributed by atoms with E-state index < -0.39 is 10.0 Å².